The van der Waals surface area contributed by atoms with Gasteiger partial charge in [-0.25, -0.2) is 14.6 Å². The Morgan fingerprint density at radius 2 is 1.30 bits per heavy atom. The van der Waals surface area contributed by atoms with Crippen molar-refractivity contribution in [2.24, 2.45) is 23.7 Å². The zero-order valence-electron chi connectivity index (χ0n) is 37.8. The highest BCUT2D eigenvalue weighted by atomic mass is 16.5. The van der Waals surface area contributed by atoms with Crippen LogP contribution in [0.15, 0.2) is 60.7 Å². The minimum atomic E-state index is -0.677. The van der Waals surface area contributed by atoms with Crippen molar-refractivity contribution >= 4 is 29.7 Å². The van der Waals surface area contributed by atoms with E-state index < -0.39 is 24.3 Å². The van der Waals surface area contributed by atoms with Crippen molar-refractivity contribution in [2.75, 3.05) is 14.2 Å². The van der Waals surface area contributed by atoms with E-state index in [1.807, 2.05) is 43.7 Å². The first-order valence-corrected chi connectivity index (χ1v) is 23.5. The number of alkyl carbamates (subject to hydrolysis) is 2. The number of carbonyl (C=O) groups is 4. The van der Waals surface area contributed by atoms with Gasteiger partial charge in [0, 0.05) is 23.8 Å². The monoisotopic (exact) mass is 870 g/mol. The third-order valence-corrected chi connectivity index (χ3v) is 15.7. The number of ether oxygens (including phenoxy) is 2. The number of hydrogen-bond acceptors (Lipinski definition) is 9. The van der Waals surface area contributed by atoms with Crippen LogP contribution in [-0.4, -0.2) is 88.2 Å². The van der Waals surface area contributed by atoms with Crippen molar-refractivity contribution in [3.05, 3.63) is 83.2 Å². The molecule has 0 spiro atoms. The van der Waals surface area contributed by atoms with Gasteiger partial charge in [0.15, 0.2) is 0 Å². The van der Waals surface area contributed by atoms with E-state index in [0.29, 0.717) is 23.7 Å². The largest absolute Gasteiger partial charge is 0.453 e. The third-order valence-electron chi connectivity index (χ3n) is 15.7. The number of fused-ring (bicyclic) bond motifs is 9. The number of methoxy groups -OCH3 is 2. The van der Waals surface area contributed by atoms with Crippen molar-refractivity contribution in [1.82, 2.24) is 41.0 Å². The fraction of sp³-hybridized carbons (Fsp3) is 0.540. The molecule has 14 nitrogen and oxygen atoms in total. The third kappa shape index (κ3) is 7.20. The maximum Gasteiger partial charge on any atom is 0.407 e. The molecule has 3 aromatic rings. The lowest BCUT2D eigenvalue weighted by Crippen LogP contribution is -2.55. The molecular weight excluding hydrogens is 809 g/mol. The van der Waals surface area contributed by atoms with E-state index in [1.165, 1.54) is 61.3 Å². The maximum atomic E-state index is 14.1. The predicted molar refractivity (Wildman–Crippen MR) is 242 cm³/mol. The van der Waals surface area contributed by atoms with Crippen molar-refractivity contribution in [1.29, 1.82) is 0 Å². The normalized spacial score (nSPS) is 28.6. The Hall–Kier alpha value is -5.79. The van der Waals surface area contributed by atoms with Gasteiger partial charge in [-0.15, -0.1) is 0 Å². The summed E-state index contributed by atoms with van der Waals surface area (Å²) in [6.07, 6.45) is 14.5. The van der Waals surface area contributed by atoms with Crippen LogP contribution >= 0.6 is 0 Å². The number of piperidine rings is 2. The van der Waals surface area contributed by atoms with Gasteiger partial charge in [0.25, 0.3) is 0 Å². The number of H-pyrrole nitrogens is 1. The van der Waals surface area contributed by atoms with Crippen molar-refractivity contribution < 1.29 is 28.7 Å². The molecule has 2 saturated heterocycles. The van der Waals surface area contributed by atoms with Crippen LogP contribution in [0.1, 0.15) is 126 Å². The van der Waals surface area contributed by atoms with Crippen LogP contribution in [0.5, 0.6) is 0 Å². The maximum absolute atomic E-state index is 14.1. The molecular formula is C50H62N8O6. The molecule has 6 bridgehead atoms. The molecule has 10 atom stereocenters. The molecule has 64 heavy (non-hydrogen) atoms. The summed E-state index contributed by atoms with van der Waals surface area (Å²) in [5.41, 5.74) is 9.64. The van der Waals surface area contributed by atoms with E-state index in [2.05, 4.69) is 74.9 Å². The first-order valence-electron chi connectivity index (χ1n) is 23.5. The predicted octanol–water partition coefficient (Wildman–Crippen LogP) is 7.63. The van der Waals surface area contributed by atoms with Gasteiger partial charge in [-0.2, -0.15) is 0 Å². The number of carbonyl (C=O) groups excluding carboxylic acids is 4. The molecule has 1 aromatic heterocycles. The van der Waals surface area contributed by atoms with E-state index in [0.717, 1.165) is 67.1 Å². The SMILES string of the molecule is COC(=O)NC(C(=O)N1C2CCC(C2)C1C=C1NC=C(c2ccc(-c3ccc(-c4cnc(C5C6CCC(C6)N5C(=O)C(NC(=O)OC)C(C)C)[nH]4)cc3)c3c2C2CCC3C2)N1)C(C)C. The van der Waals surface area contributed by atoms with Crippen LogP contribution in [-0.2, 0) is 19.1 Å². The number of nitrogens with zero attached hydrogens (tertiary/aromatic N) is 3. The number of imidazole rings is 1. The molecule has 14 heteroatoms. The zero-order chi connectivity index (χ0) is 44.6. The molecule has 10 unspecified atom stereocenters. The lowest BCUT2D eigenvalue weighted by molar-refractivity contribution is -0.139. The lowest BCUT2D eigenvalue weighted by atomic mass is 9.82. The fourth-order valence-electron chi connectivity index (χ4n) is 12.7. The van der Waals surface area contributed by atoms with E-state index in [9.17, 15) is 19.2 Å². The number of aromatic nitrogens is 2. The Morgan fingerprint density at radius 3 is 1.95 bits per heavy atom. The number of amides is 4. The summed E-state index contributed by atoms with van der Waals surface area (Å²) in [6.45, 7) is 7.79. The first-order chi connectivity index (χ1) is 30.9. The standard InChI is InChI=1S/C50H62N8O6/c1-25(2)43(55-49(61)63-5)47(59)57-33-15-13-29(20-33)39(57)22-40-51-24-38(53-40)36-18-17-35(41-30-11-12-31(19-30)42(36)41)27-7-9-28(10-8-27)37-23-52-46(54-37)45-32-14-16-34(21-32)58(45)48(60)44(26(3)4)56-50(62)64-6/h7-10,17-18,22-26,29-34,39,43-45,51,53H,11-16,19-21H2,1-6H3,(H,52,54)(H,55,61)(H,56,62). The number of hydrogen-bond donors (Lipinski definition) is 5. The second-order valence-electron chi connectivity index (χ2n) is 20.0. The second kappa shape index (κ2) is 16.6. The smallest absolute Gasteiger partial charge is 0.407 e. The van der Waals surface area contributed by atoms with Gasteiger partial charge in [0.05, 0.1) is 43.9 Å². The summed E-state index contributed by atoms with van der Waals surface area (Å²) in [7, 11) is 2.64. The molecule has 5 N–H and O–H groups in total. The molecule has 4 aliphatic carbocycles. The van der Waals surface area contributed by atoms with E-state index in [4.69, 9.17) is 14.5 Å². The minimum Gasteiger partial charge on any atom is -0.453 e. The summed E-state index contributed by atoms with van der Waals surface area (Å²) >= 11 is 0. The molecule has 338 valence electrons. The highest BCUT2D eigenvalue weighted by Gasteiger charge is 2.52. The van der Waals surface area contributed by atoms with Gasteiger partial charge >= 0.3 is 12.2 Å². The summed E-state index contributed by atoms with van der Waals surface area (Å²) in [6, 6.07) is 12.1. The van der Waals surface area contributed by atoms with Gasteiger partial charge in [-0.3, -0.25) is 9.59 Å². The van der Waals surface area contributed by atoms with E-state index >= 15 is 0 Å². The lowest BCUT2D eigenvalue weighted by Gasteiger charge is -2.37. The molecule has 7 aliphatic rings. The average Bonchev–Trinajstić information content (AvgIpc) is 4.16. The summed E-state index contributed by atoms with van der Waals surface area (Å²) < 4.78 is 9.72. The molecule has 4 heterocycles. The number of rotatable bonds is 11. The minimum absolute atomic E-state index is 0.0459. The van der Waals surface area contributed by atoms with Gasteiger partial charge in [-0.05, 0) is 127 Å². The molecule has 3 saturated carbocycles. The number of likely N-dealkylation sites (tertiary alicyclic amines) is 2. The Kier molecular flexibility index (Phi) is 11.0. The molecule has 2 aromatic carbocycles. The van der Waals surface area contributed by atoms with Crippen molar-refractivity contribution in [3.63, 3.8) is 0 Å². The van der Waals surface area contributed by atoms with E-state index in [1.54, 1.807) is 0 Å². The van der Waals surface area contributed by atoms with Gasteiger partial charge in [0.1, 0.15) is 23.7 Å². The van der Waals surface area contributed by atoms with Crippen molar-refractivity contribution in [3.8, 4) is 22.4 Å². The Labute approximate surface area is 375 Å². The van der Waals surface area contributed by atoms with Gasteiger partial charge in [0.2, 0.25) is 11.8 Å². The topological polar surface area (TPSA) is 170 Å². The number of benzene rings is 2. The quantitative estimate of drug-likeness (QED) is 0.130. The highest BCUT2D eigenvalue weighted by molar-refractivity contribution is 5.88. The molecule has 5 fully saturated rings. The van der Waals surface area contributed by atoms with Crippen LogP contribution in [0.3, 0.4) is 0 Å². The summed E-state index contributed by atoms with van der Waals surface area (Å²) in [5.74, 6) is 3.13. The van der Waals surface area contributed by atoms with Crippen LogP contribution in [0.2, 0.25) is 0 Å². The molecule has 10 rings (SSSR count). The number of aromatic amines is 1. The van der Waals surface area contributed by atoms with Crippen LogP contribution < -0.4 is 21.3 Å². The summed E-state index contributed by atoms with van der Waals surface area (Å²) in [4.78, 5) is 65.0. The second-order valence-corrected chi connectivity index (χ2v) is 20.0. The Balaban J connectivity index is 0.868. The van der Waals surface area contributed by atoms with Gasteiger partial charge < -0.3 is 45.5 Å². The first kappa shape index (κ1) is 42.2. The van der Waals surface area contributed by atoms with Crippen LogP contribution in [0.4, 0.5) is 9.59 Å². The Morgan fingerprint density at radius 1 is 0.719 bits per heavy atom. The molecule has 3 aliphatic heterocycles. The molecule has 0 radical (unpaired) electrons. The van der Waals surface area contributed by atoms with Gasteiger partial charge in [-0.1, -0.05) is 64.1 Å². The Bertz CT molecular complexity index is 2410. The zero-order valence-corrected chi connectivity index (χ0v) is 37.8. The highest BCUT2D eigenvalue weighted by Crippen LogP contribution is 2.58. The van der Waals surface area contributed by atoms with Crippen LogP contribution in [0, 0.1) is 23.7 Å². The van der Waals surface area contributed by atoms with Crippen LogP contribution in [0.25, 0.3) is 28.1 Å². The van der Waals surface area contributed by atoms with Crippen molar-refractivity contribution in [2.45, 2.75) is 134 Å². The average molecular weight is 871 g/mol. The fourth-order valence-corrected chi connectivity index (χ4v) is 12.7. The molecule has 4 amide bonds. The van der Waals surface area contributed by atoms with E-state index in [-0.39, 0.29) is 47.8 Å². The number of nitrogens with one attached hydrogen (secondary N) is 5. The summed E-state index contributed by atoms with van der Waals surface area (Å²) in [5, 5.41) is 12.8.